The van der Waals surface area contributed by atoms with E-state index >= 15 is 0 Å². The lowest BCUT2D eigenvalue weighted by Gasteiger charge is -2.24. The third-order valence-electron chi connectivity index (χ3n) is 3.38. The van der Waals surface area contributed by atoms with Crippen LogP contribution in [-0.2, 0) is 14.6 Å². The number of carbonyl (C=O) groups is 1. The molecule has 1 aliphatic rings. The van der Waals surface area contributed by atoms with E-state index in [4.69, 9.17) is 5.73 Å². The summed E-state index contributed by atoms with van der Waals surface area (Å²) in [5, 5.41) is 0. The second-order valence-electron chi connectivity index (χ2n) is 4.72. The van der Waals surface area contributed by atoms with Crippen LogP contribution in [-0.4, -0.2) is 46.1 Å². The van der Waals surface area contributed by atoms with Gasteiger partial charge >= 0.3 is 5.97 Å². The zero-order valence-corrected chi connectivity index (χ0v) is 12.1. The maximum absolute atomic E-state index is 11.6. The molecule has 0 spiro atoms. The molecule has 0 radical (unpaired) electrons. The number of carbonyl (C=O) groups excluding carboxylic acids is 1. The van der Waals surface area contributed by atoms with Crippen LogP contribution in [0.2, 0.25) is 0 Å². The van der Waals surface area contributed by atoms with Crippen LogP contribution < -0.4 is 10.6 Å². The van der Waals surface area contributed by atoms with Gasteiger partial charge in [-0.25, -0.2) is 13.2 Å². The van der Waals surface area contributed by atoms with Gasteiger partial charge in [-0.2, -0.15) is 0 Å². The van der Waals surface area contributed by atoms with Gasteiger partial charge in [0.15, 0.2) is 9.84 Å². The molecule has 7 heteroatoms. The molecule has 0 atom stereocenters. The van der Waals surface area contributed by atoms with Crippen molar-refractivity contribution in [1.29, 1.82) is 0 Å². The van der Waals surface area contributed by atoms with Crippen LogP contribution in [0.4, 0.5) is 11.4 Å². The third-order valence-corrected chi connectivity index (χ3v) is 5.10. The summed E-state index contributed by atoms with van der Waals surface area (Å²) in [7, 11) is -1.68. The average Bonchev–Trinajstić information content (AvgIpc) is 2.59. The predicted molar refractivity (Wildman–Crippen MR) is 77.7 cm³/mol. The normalized spacial score (nSPS) is 18.4. The molecule has 110 valence electrons. The lowest BCUT2D eigenvalue weighted by Crippen LogP contribution is -2.28. The maximum Gasteiger partial charge on any atom is 0.340 e. The number of hydrogen-bond acceptors (Lipinski definition) is 6. The highest BCUT2D eigenvalue weighted by Crippen LogP contribution is 2.28. The van der Waals surface area contributed by atoms with Gasteiger partial charge in [-0.05, 0) is 18.6 Å². The number of hydrogen-bond donors (Lipinski definition) is 1. The number of benzene rings is 1. The fourth-order valence-corrected chi connectivity index (χ4v) is 3.57. The summed E-state index contributed by atoms with van der Waals surface area (Å²) in [5.41, 5.74) is 7.34. The number of esters is 1. The molecule has 1 saturated heterocycles. The molecule has 0 aliphatic carbocycles. The average molecular weight is 298 g/mol. The predicted octanol–water partition coefficient (Wildman–Crippen LogP) is 0.680. The molecule has 1 aliphatic heterocycles. The molecule has 0 amide bonds. The number of nitrogen functional groups attached to an aromatic ring is 1. The summed E-state index contributed by atoms with van der Waals surface area (Å²) in [4.78, 5) is 13.5. The van der Waals surface area contributed by atoms with Crippen molar-refractivity contribution in [3.63, 3.8) is 0 Å². The summed E-state index contributed by atoms with van der Waals surface area (Å²) in [6.45, 7) is 0.991. The first kappa shape index (κ1) is 14.6. The second-order valence-corrected chi connectivity index (χ2v) is 7.03. The molecule has 2 N–H and O–H groups in total. The number of nitrogens with zero attached hydrogens (tertiary/aromatic N) is 1. The quantitative estimate of drug-likeness (QED) is 0.638. The molecular formula is C13H18N2O4S. The second kappa shape index (κ2) is 5.70. The molecule has 1 aromatic rings. The fourth-order valence-electron chi connectivity index (χ4n) is 2.30. The molecule has 0 saturated carbocycles. The van der Waals surface area contributed by atoms with E-state index in [1.807, 2.05) is 4.90 Å². The standard InChI is InChI=1S/C13H18N2O4S/c1-19-13(16)10-4-2-5-11(12(10)14)15-6-3-8-20(17,18)9-7-15/h2,4-5H,3,6-9,14H2,1H3. The Balaban J connectivity index is 2.31. The summed E-state index contributed by atoms with van der Waals surface area (Å²) < 4.78 is 27.9. The van der Waals surface area contributed by atoms with Gasteiger partial charge in [-0.15, -0.1) is 0 Å². The molecule has 0 unspecified atom stereocenters. The third kappa shape index (κ3) is 3.04. The minimum Gasteiger partial charge on any atom is -0.465 e. The number of nitrogens with two attached hydrogens (primary N) is 1. The van der Waals surface area contributed by atoms with Crippen molar-refractivity contribution in [2.24, 2.45) is 0 Å². The SMILES string of the molecule is COC(=O)c1cccc(N2CCCS(=O)(=O)CC2)c1N. The number of rotatable bonds is 2. The van der Waals surface area contributed by atoms with Gasteiger partial charge in [0, 0.05) is 13.1 Å². The number of ether oxygens (including phenoxy) is 1. The van der Waals surface area contributed by atoms with Gasteiger partial charge in [0.05, 0.1) is 35.6 Å². The fraction of sp³-hybridized carbons (Fsp3) is 0.462. The first-order valence-electron chi connectivity index (χ1n) is 6.37. The van der Waals surface area contributed by atoms with Gasteiger partial charge in [-0.3, -0.25) is 0 Å². The summed E-state index contributed by atoms with van der Waals surface area (Å²) in [6.07, 6.45) is 0.560. The van der Waals surface area contributed by atoms with E-state index in [1.165, 1.54) is 7.11 Å². The number of para-hydroxylation sites is 1. The topological polar surface area (TPSA) is 89.7 Å². The van der Waals surface area contributed by atoms with Crippen LogP contribution in [0, 0.1) is 0 Å². The molecule has 2 rings (SSSR count). The Morgan fingerprint density at radius 2 is 2.05 bits per heavy atom. The minimum absolute atomic E-state index is 0.106. The summed E-state index contributed by atoms with van der Waals surface area (Å²) in [5.74, 6) is -0.193. The Hall–Kier alpha value is -1.76. The van der Waals surface area contributed by atoms with E-state index in [-0.39, 0.29) is 11.5 Å². The van der Waals surface area contributed by atoms with Gasteiger partial charge in [0.2, 0.25) is 0 Å². The Kier molecular flexibility index (Phi) is 4.17. The van der Waals surface area contributed by atoms with Crippen molar-refractivity contribution in [1.82, 2.24) is 0 Å². The number of methoxy groups -OCH3 is 1. The molecule has 0 aromatic heterocycles. The number of sulfone groups is 1. The Morgan fingerprint density at radius 3 is 2.75 bits per heavy atom. The van der Waals surface area contributed by atoms with Crippen molar-refractivity contribution in [2.75, 3.05) is 42.3 Å². The molecule has 1 heterocycles. The van der Waals surface area contributed by atoms with Crippen LogP contribution in [0.5, 0.6) is 0 Å². The molecule has 0 bridgehead atoms. The van der Waals surface area contributed by atoms with E-state index in [1.54, 1.807) is 18.2 Å². The highest BCUT2D eigenvalue weighted by Gasteiger charge is 2.22. The van der Waals surface area contributed by atoms with E-state index in [0.29, 0.717) is 36.4 Å². The Morgan fingerprint density at radius 1 is 1.30 bits per heavy atom. The summed E-state index contributed by atoms with van der Waals surface area (Å²) in [6, 6.07) is 5.11. The van der Waals surface area contributed by atoms with E-state index < -0.39 is 15.8 Å². The highest BCUT2D eigenvalue weighted by molar-refractivity contribution is 7.91. The van der Waals surface area contributed by atoms with E-state index in [0.717, 1.165) is 0 Å². The van der Waals surface area contributed by atoms with Crippen LogP contribution in [0.1, 0.15) is 16.8 Å². The van der Waals surface area contributed by atoms with E-state index in [9.17, 15) is 13.2 Å². The zero-order valence-electron chi connectivity index (χ0n) is 11.3. The van der Waals surface area contributed by atoms with Crippen molar-refractivity contribution in [2.45, 2.75) is 6.42 Å². The van der Waals surface area contributed by atoms with Gasteiger partial charge < -0.3 is 15.4 Å². The van der Waals surface area contributed by atoms with Crippen LogP contribution in [0.25, 0.3) is 0 Å². The van der Waals surface area contributed by atoms with Crippen LogP contribution >= 0.6 is 0 Å². The van der Waals surface area contributed by atoms with Crippen LogP contribution in [0.3, 0.4) is 0 Å². The molecule has 1 fully saturated rings. The van der Waals surface area contributed by atoms with Crippen molar-refractivity contribution in [3.8, 4) is 0 Å². The van der Waals surface area contributed by atoms with Crippen molar-refractivity contribution >= 4 is 27.2 Å². The smallest absolute Gasteiger partial charge is 0.340 e. The van der Waals surface area contributed by atoms with E-state index in [2.05, 4.69) is 4.74 Å². The van der Waals surface area contributed by atoms with Gasteiger partial charge in [0.1, 0.15) is 0 Å². The van der Waals surface area contributed by atoms with Crippen molar-refractivity contribution < 1.29 is 17.9 Å². The lowest BCUT2D eigenvalue weighted by molar-refractivity contribution is 0.0602. The maximum atomic E-state index is 11.6. The molecular weight excluding hydrogens is 280 g/mol. The minimum atomic E-state index is -2.98. The summed E-state index contributed by atoms with van der Waals surface area (Å²) >= 11 is 0. The lowest BCUT2D eigenvalue weighted by atomic mass is 10.1. The highest BCUT2D eigenvalue weighted by atomic mass is 32.2. The monoisotopic (exact) mass is 298 g/mol. The van der Waals surface area contributed by atoms with Gasteiger partial charge in [-0.1, -0.05) is 6.07 Å². The van der Waals surface area contributed by atoms with Crippen LogP contribution in [0.15, 0.2) is 18.2 Å². The van der Waals surface area contributed by atoms with Crippen molar-refractivity contribution in [3.05, 3.63) is 23.8 Å². The van der Waals surface area contributed by atoms with Gasteiger partial charge in [0.25, 0.3) is 0 Å². The first-order valence-corrected chi connectivity index (χ1v) is 8.19. The zero-order chi connectivity index (χ0) is 14.8. The molecule has 20 heavy (non-hydrogen) atoms. The largest absolute Gasteiger partial charge is 0.465 e. The molecule has 6 nitrogen and oxygen atoms in total. The molecule has 1 aromatic carbocycles. The first-order chi connectivity index (χ1) is 9.44. The Bertz CT molecular complexity index is 613. The Labute approximate surface area is 118 Å². The number of anilines is 2.